The first-order valence-electron chi connectivity index (χ1n) is 4.56. The van der Waals surface area contributed by atoms with E-state index in [1.807, 2.05) is 24.3 Å². The van der Waals surface area contributed by atoms with Crippen molar-refractivity contribution >= 4 is 5.69 Å². The van der Waals surface area contributed by atoms with Gasteiger partial charge >= 0.3 is 0 Å². The van der Waals surface area contributed by atoms with E-state index in [0.717, 1.165) is 17.0 Å². The molecule has 0 radical (unpaired) electrons. The summed E-state index contributed by atoms with van der Waals surface area (Å²) in [6.45, 7) is 0.605. The van der Waals surface area contributed by atoms with Gasteiger partial charge in [0, 0.05) is 11.3 Å². The third-order valence-corrected chi connectivity index (χ3v) is 1.98. The lowest BCUT2D eigenvalue weighted by atomic mass is 10.2. The maximum absolute atomic E-state index is 5.30. The van der Waals surface area contributed by atoms with Crippen LogP contribution in [0.3, 0.4) is 0 Å². The summed E-state index contributed by atoms with van der Waals surface area (Å²) < 4.78 is 5.10. The molecule has 0 spiro atoms. The molecule has 0 saturated heterocycles. The predicted molar refractivity (Wildman–Crippen MR) is 58.2 cm³/mol. The fourth-order valence-corrected chi connectivity index (χ4v) is 1.24. The van der Waals surface area contributed by atoms with Crippen LogP contribution in [0.2, 0.25) is 0 Å². The number of nitrogens with zero attached hydrogens (tertiary/aromatic N) is 1. The second-order valence-corrected chi connectivity index (χ2v) is 3.05. The van der Waals surface area contributed by atoms with Crippen LogP contribution in [0.5, 0.6) is 0 Å². The topological polar surface area (TPSA) is 38.1 Å². The van der Waals surface area contributed by atoms with E-state index in [0.29, 0.717) is 6.54 Å². The van der Waals surface area contributed by atoms with Crippen molar-refractivity contribution in [3.8, 4) is 12.3 Å². The number of nitrogens with one attached hydrogen (secondary N) is 1. The Morgan fingerprint density at radius 2 is 2.40 bits per heavy atom. The molecule has 2 rings (SSSR count). The van der Waals surface area contributed by atoms with Crippen molar-refractivity contribution in [1.82, 2.24) is 4.98 Å². The molecule has 1 heterocycles. The van der Waals surface area contributed by atoms with E-state index in [1.54, 1.807) is 6.20 Å². The number of hydrogen-bond donors (Lipinski definition) is 1. The first-order valence-corrected chi connectivity index (χ1v) is 4.56. The van der Waals surface area contributed by atoms with Crippen molar-refractivity contribution < 1.29 is 4.42 Å². The molecule has 1 aromatic carbocycles. The summed E-state index contributed by atoms with van der Waals surface area (Å²) in [6, 6.07) is 7.67. The molecule has 0 fully saturated rings. The number of aromatic nitrogens is 1. The summed E-state index contributed by atoms with van der Waals surface area (Å²) in [5.41, 5.74) is 1.83. The molecule has 74 valence electrons. The van der Waals surface area contributed by atoms with Gasteiger partial charge in [0.15, 0.2) is 6.39 Å². The minimum atomic E-state index is 0.605. The Kier molecular flexibility index (Phi) is 2.70. The molecule has 15 heavy (non-hydrogen) atoms. The largest absolute Gasteiger partial charge is 0.447 e. The van der Waals surface area contributed by atoms with Crippen LogP contribution in [0.4, 0.5) is 5.69 Å². The second-order valence-electron chi connectivity index (χ2n) is 3.05. The van der Waals surface area contributed by atoms with Gasteiger partial charge in [0.2, 0.25) is 0 Å². The van der Waals surface area contributed by atoms with Crippen LogP contribution in [0.15, 0.2) is 41.3 Å². The molecule has 0 aliphatic heterocycles. The van der Waals surface area contributed by atoms with Gasteiger partial charge in [-0.05, 0) is 18.2 Å². The highest BCUT2D eigenvalue weighted by Gasteiger charge is 1.97. The molecule has 0 aliphatic rings. The number of oxazole rings is 1. The Labute approximate surface area is 88.1 Å². The van der Waals surface area contributed by atoms with Gasteiger partial charge in [-0.2, -0.15) is 0 Å². The SMILES string of the molecule is C#Cc1cccc(NCc2cnco2)c1. The Bertz CT molecular complexity index is 469. The minimum Gasteiger partial charge on any atom is -0.447 e. The Balaban J connectivity index is 2.02. The van der Waals surface area contributed by atoms with Crippen molar-refractivity contribution in [2.45, 2.75) is 6.54 Å². The van der Waals surface area contributed by atoms with Crippen molar-refractivity contribution in [3.05, 3.63) is 48.2 Å². The lowest BCUT2D eigenvalue weighted by Gasteiger charge is -2.03. The number of anilines is 1. The monoisotopic (exact) mass is 198 g/mol. The van der Waals surface area contributed by atoms with E-state index >= 15 is 0 Å². The zero-order valence-corrected chi connectivity index (χ0v) is 8.10. The zero-order chi connectivity index (χ0) is 10.5. The highest BCUT2D eigenvalue weighted by Crippen LogP contribution is 2.11. The summed E-state index contributed by atoms with van der Waals surface area (Å²) in [4.78, 5) is 3.83. The highest BCUT2D eigenvalue weighted by atomic mass is 16.3. The second kappa shape index (κ2) is 4.34. The minimum absolute atomic E-state index is 0.605. The molecular formula is C12H10N2O. The van der Waals surface area contributed by atoms with Crippen LogP contribution < -0.4 is 5.32 Å². The molecule has 3 nitrogen and oxygen atoms in total. The number of rotatable bonds is 3. The molecule has 3 heteroatoms. The van der Waals surface area contributed by atoms with Gasteiger partial charge in [0.1, 0.15) is 5.76 Å². The summed E-state index contributed by atoms with van der Waals surface area (Å²) in [5, 5.41) is 3.19. The van der Waals surface area contributed by atoms with E-state index in [4.69, 9.17) is 10.8 Å². The summed E-state index contributed by atoms with van der Waals surface area (Å²) in [6.07, 6.45) is 8.39. The average molecular weight is 198 g/mol. The molecule has 2 aromatic rings. The number of hydrogen-bond acceptors (Lipinski definition) is 3. The standard InChI is InChI=1S/C12H10N2O/c1-2-10-4-3-5-11(6-10)14-8-12-7-13-9-15-12/h1,3-7,9,14H,8H2. The van der Waals surface area contributed by atoms with Gasteiger partial charge in [0.25, 0.3) is 0 Å². The summed E-state index contributed by atoms with van der Waals surface area (Å²) >= 11 is 0. The normalized spacial score (nSPS) is 9.53. The Morgan fingerprint density at radius 3 is 3.13 bits per heavy atom. The van der Waals surface area contributed by atoms with Crippen LogP contribution in [0, 0.1) is 12.3 Å². The van der Waals surface area contributed by atoms with Crippen LogP contribution in [0.1, 0.15) is 11.3 Å². The molecule has 0 amide bonds. The number of terminal acetylenes is 1. The molecule has 0 saturated carbocycles. The van der Waals surface area contributed by atoms with Crippen molar-refractivity contribution in [1.29, 1.82) is 0 Å². The van der Waals surface area contributed by atoms with Gasteiger partial charge in [0.05, 0.1) is 12.7 Å². The quantitative estimate of drug-likeness (QED) is 0.769. The Morgan fingerprint density at radius 1 is 1.47 bits per heavy atom. The molecule has 0 atom stereocenters. The van der Waals surface area contributed by atoms with Crippen molar-refractivity contribution in [2.75, 3.05) is 5.32 Å². The average Bonchev–Trinajstić information content (AvgIpc) is 2.79. The zero-order valence-electron chi connectivity index (χ0n) is 8.10. The van der Waals surface area contributed by atoms with E-state index < -0.39 is 0 Å². The first kappa shape index (κ1) is 9.35. The molecule has 0 unspecified atom stereocenters. The van der Waals surface area contributed by atoms with E-state index in [-0.39, 0.29) is 0 Å². The lowest BCUT2D eigenvalue weighted by Crippen LogP contribution is -1.97. The van der Waals surface area contributed by atoms with E-state index in [1.165, 1.54) is 6.39 Å². The maximum Gasteiger partial charge on any atom is 0.180 e. The van der Waals surface area contributed by atoms with Crippen LogP contribution in [0.25, 0.3) is 0 Å². The Hall–Kier alpha value is -2.21. The molecule has 1 N–H and O–H groups in total. The molecular weight excluding hydrogens is 188 g/mol. The predicted octanol–water partition coefficient (Wildman–Crippen LogP) is 2.27. The van der Waals surface area contributed by atoms with E-state index in [2.05, 4.69) is 16.2 Å². The van der Waals surface area contributed by atoms with Gasteiger partial charge in [-0.1, -0.05) is 12.0 Å². The van der Waals surface area contributed by atoms with E-state index in [9.17, 15) is 0 Å². The lowest BCUT2D eigenvalue weighted by molar-refractivity contribution is 0.512. The van der Waals surface area contributed by atoms with Gasteiger partial charge in [-0.3, -0.25) is 0 Å². The first-order chi connectivity index (χ1) is 7.38. The molecule has 1 aromatic heterocycles. The summed E-state index contributed by atoms with van der Waals surface area (Å²) in [5.74, 6) is 3.38. The van der Waals surface area contributed by atoms with Gasteiger partial charge < -0.3 is 9.73 Å². The third kappa shape index (κ3) is 2.38. The fraction of sp³-hybridized carbons (Fsp3) is 0.0833. The molecule has 0 bridgehead atoms. The van der Waals surface area contributed by atoms with Crippen LogP contribution in [-0.2, 0) is 6.54 Å². The van der Waals surface area contributed by atoms with Crippen molar-refractivity contribution in [2.24, 2.45) is 0 Å². The smallest absolute Gasteiger partial charge is 0.180 e. The van der Waals surface area contributed by atoms with Crippen LogP contribution >= 0.6 is 0 Å². The third-order valence-electron chi connectivity index (χ3n) is 1.98. The van der Waals surface area contributed by atoms with Crippen molar-refractivity contribution in [3.63, 3.8) is 0 Å². The molecule has 0 aliphatic carbocycles. The number of benzene rings is 1. The summed E-state index contributed by atoms with van der Waals surface area (Å²) in [7, 11) is 0. The van der Waals surface area contributed by atoms with Gasteiger partial charge in [-0.15, -0.1) is 6.42 Å². The van der Waals surface area contributed by atoms with Crippen LogP contribution in [-0.4, -0.2) is 4.98 Å². The maximum atomic E-state index is 5.30. The fourth-order valence-electron chi connectivity index (χ4n) is 1.24. The van der Waals surface area contributed by atoms with Gasteiger partial charge in [-0.25, -0.2) is 4.98 Å². The highest BCUT2D eigenvalue weighted by molar-refractivity contribution is 5.49.